The Morgan fingerprint density at radius 2 is 1.83 bits per heavy atom. The van der Waals surface area contributed by atoms with Gasteiger partial charge in [-0.25, -0.2) is 0 Å². The summed E-state index contributed by atoms with van der Waals surface area (Å²) in [5.41, 5.74) is 8.29. The average molecular weight is 247 g/mol. The number of hydrogen-bond acceptors (Lipinski definition) is 2. The standard InChI is InChI=1S/C16H25NO/c1-4-5-15(17)11-16(18)10-13-6-8-14(9-7-13)12(2)3/h6-9,12,15H,4-5,10-11,17H2,1-3H3. The summed E-state index contributed by atoms with van der Waals surface area (Å²) in [6.07, 6.45) is 2.98. The van der Waals surface area contributed by atoms with E-state index in [0.29, 0.717) is 18.8 Å². The van der Waals surface area contributed by atoms with Gasteiger partial charge in [0.05, 0.1) is 0 Å². The van der Waals surface area contributed by atoms with Crippen molar-refractivity contribution in [1.29, 1.82) is 0 Å². The van der Waals surface area contributed by atoms with Crippen LogP contribution in [0.15, 0.2) is 24.3 Å². The van der Waals surface area contributed by atoms with Crippen molar-refractivity contribution in [1.82, 2.24) is 0 Å². The van der Waals surface area contributed by atoms with Gasteiger partial charge in [0.15, 0.2) is 0 Å². The summed E-state index contributed by atoms with van der Waals surface area (Å²) >= 11 is 0. The zero-order chi connectivity index (χ0) is 13.5. The maximum absolute atomic E-state index is 11.8. The second-order valence-corrected chi connectivity index (χ2v) is 5.36. The lowest BCUT2D eigenvalue weighted by Crippen LogP contribution is -2.24. The van der Waals surface area contributed by atoms with Crippen molar-refractivity contribution in [3.8, 4) is 0 Å². The van der Waals surface area contributed by atoms with E-state index >= 15 is 0 Å². The van der Waals surface area contributed by atoms with Crippen LogP contribution in [0.4, 0.5) is 0 Å². The van der Waals surface area contributed by atoms with Gasteiger partial charge in [-0.3, -0.25) is 4.79 Å². The van der Waals surface area contributed by atoms with Gasteiger partial charge in [-0.1, -0.05) is 51.5 Å². The Hall–Kier alpha value is -1.15. The van der Waals surface area contributed by atoms with Gasteiger partial charge in [0.25, 0.3) is 0 Å². The quantitative estimate of drug-likeness (QED) is 0.802. The molecule has 0 amide bonds. The first kappa shape index (κ1) is 14.9. The first-order valence-electron chi connectivity index (χ1n) is 6.89. The van der Waals surface area contributed by atoms with E-state index in [4.69, 9.17) is 5.73 Å². The van der Waals surface area contributed by atoms with Crippen LogP contribution < -0.4 is 5.73 Å². The lowest BCUT2D eigenvalue weighted by atomic mass is 9.98. The van der Waals surface area contributed by atoms with Crippen LogP contribution >= 0.6 is 0 Å². The van der Waals surface area contributed by atoms with Gasteiger partial charge in [-0.05, 0) is 23.5 Å². The molecule has 0 bridgehead atoms. The highest BCUT2D eigenvalue weighted by Gasteiger charge is 2.09. The summed E-state index contributed by atoms with van der Waals surface area (Å²) in [4.78, 5) is 11.8. The molecule has 0 aromatic heterocycles. The van der Waals surface area contributed by atoms with Crippen LogP contribution in [0.3, 0.4) is 0 Å². The number of carbonyl (C=O) groups is 1. The number of nitrogens with two attached hydrogens (primary N) is 1. The SMILES string of the molecule is CCCC(N)CC(=O)Cc1ccc(C(C)C)cc1. The molecule has 0 heterocycles. The van der Waals surface area contributed by atoms with Crippen LogP contribution in [-0.2, 0) is 11.2 Å². The van der Waals surface area contributed by atoms with Crippen molar-refractivity contribution >= 4 is 5.78 Å². The minimum Gasteiger partial charge on any atom is -0.327 e. The third-order valence-electron chi connectivity index (χ3n) is 3.20. The number of ketones is 1. The van der Waals surface area contributed by atoms with Gasteiger partial charge in [-0.2, -0.15) is 0 Å². The summed E-state index contributed by atoms with van der Waals surface area (Å²) in [5.74, 6) is 0.779. The largest absolute Gasteiger partial charge is 0.327 e. The molecule has 1 atom stereocenters. The van der Waals surface area contributed by atoms with Crippen LogP contribution in [0.1, 0.15) is 57.1 Å². The molecule has 2 heteroatoms. The molecule has 100 valence electrons. The first-order valence-corrected chi connectivity index (χ1v) is 6.89. The molecule has 2 nitrogen and oxygen atoms in total. The van der Waals surface area contributed by atoms with Crippen molar-refractivity contribution in [3.05, 3.63) is 35.4 Å². The number of Topliss-reactive ketones (excluding diaryl/α,β-unsaturated/α-hetero) is 1. The molecule has 0 spiro atoms. The van der Waals surface area contributed by atoms with E-state index in [1.165, 1.54) is 5.56 Å². The predicted octanol–water partition coefficient (Wildman–Crippen LogP) is 3.44. The molecule has 0 saturated heterocycles. The van der Waals surface area contributed by atoms with Crippen LogP contribution in [0.5, 0.6) is 0 Å². The van der Waals surface area contributed by atoms with E-state index in [1.54, 1.807) is 0 Å². The molecular weight excluding hydrogens is 222 g/mol. The van der Waals surface area contributed by atoms with Crippen molar-refractivity contribution in [2.45, 2.75) is 58.4 Å². The Morgan fingerprint density at radius 1 is 1.22 bits per heavy atom. The fraction of sp³-hybridized carbons (Fsp3) is 0.562. The Labute approximate surface area is 111 Å². The van der Waals surface area contributed by atoms with Gasteiger partial charge >= 0.3 is 0 Å². The van der Waals surface area contributed by atoms with E-state index in [2.05, 4.69) is 45.0 Å². The minimum atomic E-state index is 0.0254. The number of benzene rings is 1. The Kier molecular flexibility index (Phi) is 6.06. The summed E-state index contributed by atoms with van der Waals surface area (Å²) in [7, 11) is 0. The Bertz CT molecular complexity index is 367. The second kappa shape index (κ2) is 7.32. The molecule has 0 aliphatic rings. The van der Waals surface area contributed by atoms with Gasteiger partial charge in [0.1, 0.15) is 5.78 Å². The number of rotatable bonds is 7. The maximum Gasteiger partial charge on any atom is 0.138 e. The summed E-state index contributed by atoms with van der Waals surface area (Å²) in [6.45, 7) is 6.43. The van der Waals surface area contributed by atoms with Gasteiger partial charge in [0.2, 0.25) is 0 Å². The first-order chi connectivity index (χ1) is 8.52. The smallest absolute Gasteiger partial charge is 0.138 e. The van der Waals surface area contributed by atoms with E-state index in [0.717, 1.165) is 18.4 Å². The maximum atomic E-state index is 11.8. The summed E-state index contributed by atoms with van der Waals surface area (Å²) in [6, 6.07) is 8.35. The number of hydrogen-bond donors (Lipinski definition) is 1. The summed E-state index contributed by atoms with van der Waals surface area (Å²) < 4.78 is 0. The van der Waals surface area contributed by atoms with E-state index in [1.807, 2.05) is 0 Å². The van der Waals surface area contributed by atoms with E-state index in [9.17, 15) is 4.79 Å². The summed E-state index contributed by atoms with van der Waals surface area (Å²) in [5, 5.41) is 0. The highest BCUT2D eigenvalue weighted by molar-refractivity contribution is 5.81. The topological polar surface area (TPSA) is 43.1 Å². The van der Waals surface area contributed by atoms with Crippen molar-refractivity contribution in [2.24, 2.45) is 5.73 Å². The van der Waals surface area contributed by atoms with Gasteiger partial charge < -0.3 is 5.73 Å². The fourth-order valence-corrected chi connectivity index (χ4v) is 2.09. The van der Waals surface area contributed by atoms with E-state index < -0.39 is 0 Å². The molecule has 1 aromatic carbocycles. The van der Waals surface area contributed by atoms with Crippen LogP contribution in [0, 0.1) is 0 Å². The van der Waals surface area contributed by atoms with Crippen LogP contribution in [0.25, 0.3) is 0 Å². The van der Waals surface area contributed by atoms with Crippen LogP contribution in [-0.4, -0.2) is 11.8 Å². The van der Waals surface area contributed by atoms with Gasteiger partial charge in [0, 0.05) is 18.9 Å². The third-order valence-corrected chi connectivity index (χ3v) is 3.20. The van der Waals surface area contributed by atoms with Crippen molar-refractivity contribution in [2.75, 3.05) is 0 Å². The molecule has 0 fully saturated rings. The Morgan fingerprint density at radius 3 is 2.33 bits per heavy atom. The molecule has 1 rings (SSSR count). The molecule has 1 unspecified atom stereocenters. The molecule has 0 aliphatic heterocycles. The highest BCUT2D eigenvalue weighted by Crippen LogP contribution is 2.15. The molecule has 1 aromatic rings. The fourth-order valence-electron chi connectivity index (χ4n) is 2.09. The second-order valence-electron chi connectivity index (χ2n) is 5.36. The lowest BCUT2D eigenvalue weighted by Gasteiger charge is -2.10. The predicted molar refractivity (Wildman–Crippen MR) is 76.7 cm³/mol. The van der Waals surface area contributed by atoms with Crippen molar-refractivity contribution < 1.29 is 4.79 Å². The minimum absolute atomic E-state index is 0.0254. The molecular formula is C16H25NO. The zero-order valence-electron chi connectivity index (χ0n) is 11.8. The van der Waals surface area contributed by atoms with E-state index in [-0.39, 0.29) is 11.8 Å². The van der Waals surface area contributed by atoms with Crippen LogP contribution in [0.2, 0.25) is 0 Å². The average Bonchev–Trinajstić information content (AvgIpc) is 2.29. The molecule has 2 N–H and O–H groups in total. The van der Waals surface area contributed by atoms with Crippen molar-refractivity contribution in [3.63, 3.8) is 0 Å². The highest BCUT2D eigenvalue weighted by atomic mass is 16.1. The zero-order valence-corrected chi connectivity index (χ0v) is 11.8. The number of carbonyl (C=O) groups excluding carboxylic acids is 1. The molecule has 0 radical (unpaired) electrons. The lowest BCUT2D eigenvalue weighted by molar-refractivity contribution is -0.118. The molecule has 0 saturated carbocycles. The normalized spacial score (nSPS) is 12.7. The monoisotopic (exact) mass is 247 g/mol. The molecule has 18 heavy (non-hydrogen) atoms. The molecule has 0 aliphatic carbocycles. The third kappa shape index (κ3) is 5.01. The Balaban J connectivity index is 2.49. The van der Waals surface area contributed by atoms with Gasteiger partial charge in [-0.15, -0.1) is 0 Å².